The van der Waals surface area contributed by atoms with Gasteiger partial charge in [-0.25, -0.2) is 28.1 Å². The molecule has 1 N–H and O–H groups in total. The second-order valence-electron chi connectivity index (χ2n) is 8.72. The lowest BCUT2D eigenvalue weighted by Crippen LogP contribution is -2.65. The summed E-state index contributed by atoms with van der Waals surface area (Å²) in [6.45, 7) is 2.63. The lowest BCUT2D eigenvalue weighted by atomic mass is 9.90. The van der Waals surface area contributed by atoms with Crippen molar-refractivity contribution in [3.05, 3.63) is 59.4 Å². The summed E-state index contributed by atoms with van der Waals surface area (Å²) in [5.74, 6) is -0.849. The maximum atomic E-state index is 14.7. The number of morpholine rings is 1. The van der Waals surface area contributed by atoms with Gasteiger partial charge in [0.15, 0.2) is 11.3 Å². The Morgan fingerprint density at radius 2 is 1.86 bits per heavy atom. The number of hydrogen-bond acceptors (Lipinski definition) is 7. The van der Waals surface area contributed by atoms with Crippen molar-refractivity contribution >= 4 is 28.4 Å². The first-order chi connectivity index (χ1) is 16.9. The third kappa shape index (κ3) is 3.39. The molecule has 4 aromatic rings. The minimum Gasteiger partial charge on any atom is -0.377 e. The van der Waals surface area contributed by atoms with Crippen LogP contribution in [-0.2, 0) is 4.74 Å². The number of aromatic nitrogens is 5. The number of hydrogen-bond donors (Lipinski definition) is 1. The summed E-state index contributed by atoms with van der Waals surface area (Å²) in [6.07, 6.45) is 0.624. The van der Waals surface area contributed by atoms with E-state index in [0.717, 1.165) is 12.5 Å². The topological polar surface area (TPSA) is 97.5 Å². The molecule has 12 heteroatoms. The zero-order valence-corrected chi connectivity index (χ0v) is 18.5. The largest absolute Gasteiger partial charge is 0.377 e. The highest BCUT2D eigenvalue weighted by atomic mass is 19.3. The Kier molecular flexibility index (Phi) is 5.06. The second-order valence-corrected chi connectivity index (χ2v) is 8.72. The van der Waals surface area contributed by atoms with Crippen LogP contribution in [0.4, 0.5) is 19.0 Å². The van der Waals surface area contributed by atoms with Crippen molar-refractivity contribution in [2.75, 3.05) is 18.5 Å². The third-order valence-electron chi connectivity index (χ3n) is 6.67. The van der Waals surface area contributed by atoms with Crippen LogP contribution in [0, 0.1) is 5.82 Å². The molecule has 0 spiro atoms. The van der Waals surface area contributed by atoms with Gasteiger partial charge in [0.2, 0.25) is 0 Å². The lowest BCUT2D eigenvalue weighted by Gasteiger charge is -2.52. The summed E-state index contributed by atoms with van der Waals surface area (Å²) in [4.78, 5) is 28.2. The van der Waals surface area contributed by atoms with Crippen LogP contribution in [0.15, 0.2) is 36.9 Å². The highest BCUT2D eigenvalue weighted by Crippen LogP contribution is 2.35. The molecule has 180 valence electrons. The van der Waals surface area contributed by atoms with E-state index in [1.165, 1.54) is 29.3 Å². The van der Waals surface area contributed by atoms with Crippen LogP contribution in [-0.4, -0.2) is 60.7 Å². The molecule has 0 radical (unpaired) electrons. The van der Waals surface area contributed by atoms with E-state index in [1.807, 2.05) is 4.90 Å². The molecule has 2 unspecified atom stereocenters. The van der Waals surface area contributed by atoms with Crippen LogP contribution < -0.4 is 5.32 Å². The van der Waals surface area contributed by atoms with Crippen molar-refractivity contribution in [3.8, 4) is 0 Å². The number of ether oxygens (including phenoxy) is 1. The molecule has 2 aliphatic rings. The van der Waals surface area contributed by atoms with Crippen LogP contribution >= 0.6 is 0 Å². The van der Waals surface area contributed by atoms with Crippen LogP contribution in [0.25, 0.3) is 16.7 Å². The molecule has 1 amide bonds. The number of benzene rings is 1. The Hall–Kier alpha value is -3.80. The molecule has 0 aliphatic carbocycles. The van der Waals surface area contributed by atoms with Gasteiger partial charge in [-0.15, -0.1) is 0 Å². The monoisotopic (exact) mass is 483 g/mol. The van der Waals surface area contributed by atoms with Gasteiger partial charge in [0.25, 0.3) is 12.3 Å². The Morgan fingerprint density at radius 1 is 1.11 bits per heavy atom. The number of amides is 1. The van der Waals surface area contributed by atoms with Gasteiger partial charge < -0.3 is 15.0 Å². The molecule has 6 rings (SSSR count). The number of alkyl halides is 2. The third-order valence-corrected chi connectivity index (χ3v) is 6.67. The molecule has 2 fully saturated rings. The summed E-state index contributed by atoms with van der Waals surface area (Å²) in [7, 11) is 0. The van der Waals surface area contributed by atoms with Crippen LogP contribution in [0.1, 0.15) is 47.3 Å². The van der Waals surface area contributed by atoms with Gasteiger partial charge in [0, 0.05) is 5.56 Å². The average Bonchev–Trinajstić information content (AvgIpc) is 3.34. The van der Waals surface area contributed by atoms with E-state index in [1.54, 1.807) is 13.0 Å². The van der Waals surface area contributed by atoms with Gasteiger partial charge in [0.1, 0.15) is 24.3 Å². The van der Waals surface area contributed by atoms with E-state index in [9.17, 15) is 18.0 Å². The highest BCUT2D eigenvalue weighted by Gasteiger charge is 2.46. The number of carbonyl (C=O) groups is 1. The second kappa shape index (κ2) is 8.15. The molecular formula is C23H20F3N7O2. The first kappa shape index (κ1) is 21.7. The first-order valence-electron chi connectivity index (χ1n) is 11.1. The van der Waals surface area contributed by atoms with E-state index < -0.39 is 23.8 Å². The number of fused-ring (bicyclic) bond motifs is 5. The standard InChI is InChI=1S/C23H20F3N7O2/c1-11(14-3-2-4-15(18(14)24)19(25)26)31-20-16-6-17(23(34)32-12-5-13(32)8-35-7-12)22-29-10-30-33(22)21(16)28-9-27-20/h2-4,6,9-13,19H,5,7-8H2,1H3,(H,27,28,31)/t11-,12?,13?/m1/s1. The molecule has 1 aromatic carbocycles. The maximum Gasteiger partial charge on any atom is 0.266 e. The van der Waals surface area contributed by atoms with Gasteiger partial charge in [-0.2, -0.15) is 9.61 Å². The first-order valence-corrected chi connectivity index (χ1v) is 11.1. The van der Waals surface area contributed by atoms with E-state index >= 15 is 0 Å². The molecule has 2 bridgehead atoms. The predicted molar refractivity (Wildman–Crippen MR) is 119 cm³/mol. The molecule has 5 heterocycles. The predicted octanol–water partition coefficient (Wildman–Crippen LogP) is 3.54. The van der Waals surface area contributed by atoms with Crippen LogP contribution in [0.5, 0.6) is 0 Å². The Labute approximate surface area is 196 Å². The van der Waals surface area contributed by atoms with Crippen molar-refractivity contribution in [2.45, 2.75) is 37.9 Å². The smallest absolute Gasteiger partial charge is 0.266 e. The molecule has 35 heavy (non-hydrogen) atoms. The quantitative estimate of drug-likeness (QED) is 0.464. The zero-order valence-electron chi connectivity index (χ0n) is 18.5. The zero-order chi connectivity index (χ0) is 24.3. The van der Waals surface area contributed by atoms with E-state index in [2.05, 4.69) is 25.4 Å². The summed E-state index contributed by atoms with van der Waals surface area (Å²) in [5, 5.41) is 7.79. The Morgan fingerprint density at radius 3 is 2.60 bits per heavy atom. The van der Waals surface area contributed by atoms with Gasteiger partial charge in [-0.3, -0.25) is 4.79 Å². The van der Waals surface area contributed by atoms with Crippen LogP contribution in [0.2, 0.25) is 0 Å². The maximum absolute atomic E-state index is 14.7. The van der Waals surface area contributed by atoms with Crippen molar-refractivity contribution in [3.63, 3.8) is 0 Å². The summed E-state index contributed by atoms with van der Waals surface area (Å²) in [6, 6.07) is 4.88. The molecule has 2 saturated heterocycles. The van der Waals surface area contributed by atoms with E-state index in [-0.39, 0.29) is 23.6 Å². The number of carbonyl (C=O) groups excluding carboxylic acids is 1. The highest BCUT2D eigenvalue weighted by molar-refractivity contribution is 6.05. The van der Waals surface area contributed by atoms with E-state index in [0.29, 0.717) is 41.3 Å². The number of nitrogens with zero attached hydrogens (tertiary/aromatic N) is 6. The van der Waals surface area contributed by atoms with E-state index in [4.69, 9.17) is 4.74 Å². The molecule has 9 nitrogen and oxygen atoms in total. The fourth-order valence-corrected chi connectivity index (χ4v) is 4.91. The number of pyridine rings is 1. The number of halogens is 3. The Bertz CT molecular complexity index is 1450. The van der Waals surface area contributed by atoms with Crippen molar-refractivity contribution < 1.29 is 22.7 Å². The van der Waals surface area contributed by atoms with Crippen molar-refractivity contribution in [1.82, 2.24) is 29.5 Å². The molecule has 3 atom stereocenters. The number of anilines is 1. The number of nitrogens with one attached hydrogen (secondary N) is 1. The van der Waals surface area contributed by atoms with Crippen LogP contribution in [0.3, 0.4) is 0 Å². The summed E-state index contributed by atoms with van der Waals surface area (Å²) >= 11 is 0. The fourth-order valence-electron chi connectivity index (χ4n) is 4.91. The molecule has 3 aromatic heterocycles. The van der Waals surface area contributed by atoms with Gasteiger partial charge >= 0.3 is 0 Å². The molecule has 2 aliphatic heterocycles. The van der Waals surface area contributed by atoms with Crippen molar-refractivity contribution in [1.29, 1.82) is 0 Å². The van der Waals surface area contributed by atoms with Gasteiger partial charge in [-0.05, 0) is 19.4 Å². The SMILES string of the molecule is C[C@@H](Nc1ncnc2c1cc(C(=O)N1C3COCC1C3)c1ncnn12)c1cccc(C(F)F)c1F. The Balaban J connectivity index is 1.42. The minimum atomic E-state index is -2.93. The normalized spacial score (nSPS) is 20.3. The average molecular weight is 483 g/mol. The fraction of sp³-hybridized carbons (Fsp3) is 0.348. The lowest BCUT2D eigenvalue weighted by molar-refractivity contribution is -0.104. The van der Waals surface area contributed by atoms with Gasteiger partial charge in [0.05, 0.1) is 47.9 Å². The molecule has 0 saturated carbocycles. The van der Waals surface area contributed by atoms with Gasteiger partial charge in [-0.1, -0.05) is 18.2 Å². The molecular weight excluding hydrogens is 463 g/mol. The minimum absolute atomic E-state index is 0.0228. The number of rotatable bonds is 5. The summed E-state index contributed by atoms with van der Waals surface area (Å²) < 4.78 is 48.1. The van der Waals surface area contributed by atoms with Crippen molar-refractivity contribution in [2.24, 2.45) is 0 Å². The summed E-state index contributed by atoms with van der Waals surface area (Å²) in [5.41, 5.74) is 0.503.